The second-order valence-electron chi connectivity index (χ2n) is 3.50. The van der Waals surface area contributed by atoms with E-state index in [1.165, 1.54) is 0 Å². The van der Waals surface area contributed by atoms with E-state index in [-0.39, 0.29) is 11.8 Å². The summed E-state index contributed by atoms with van der Waals surface area (Å²) in [6.07, 6.45) is 0. The van der Waals surface area contributed by atoms with E-state index in [1.807, 2.05) is 19.9 Å². The molecule has 2 aromatic rings. The van der Waals surface area contributed by atoms with E-state index in [1.54, 1.807) is 16.8 Å². The molecule has 0 unspecified atom stereocenters. The molecular formula is C10H11ClN2O. The molecule has 1 aromatic carbocycles. The van der Waals surface area contributed by atoms with Crippen LogP contribution in [0.1, 0.15) is 19.9 Å². The Morgan fingerprint density at radius 2 is 2.14 bits per heavy atom. The number of aromatic hydroxyl groups is 1. The molecular weight excluding hydrogens is 200 g/mol. The number of phenols is 1. The lowest BCUT2D eigenvalue weighted by Crippen LogP contribution is -2.01. The van der Waals surface area contributed by atoms with Gasteiger partial charge in [0.1, 0.15) is 5.75 Å². The van der Waals surface area contributed by atoms with Gasteiger partial charge in [-0.2, -0.15) is 5.10 Å². The molecule has 0 aliphatic carbocycles. The minimum atomic E-state index is 0.180. The van der Waals surface area contributed by atoms with E-state index >= 15 is 0 Å². The first kappa shape index (κ1) is 9.34. The maximum Gasteiger partial charge on any atom is 0.162 e. The van der Waals surface area contributed by atoms with E-state index in [9.17, 15) is 5.11 Å². The van der Waals surface area contributed by atoms with Gasteiger partial charge in [0.05, 0.1) is 10.9 Å². The molecule has 1 aromatic heterocycles. The van der Waals surface area contributed by atoms with E-state index < -0.39 is 0 Å². The van der Waals surface area contributed by atoms with Crippen molar-refractivity contribution in [3.8, 4) is 5.75 Å². The maximum absolute atomic E-state index is 9.61. The molecule has 0 aliphatic heterocycles. The predicted molar refractivity (Wildman–Crippen MR) is 56.8 cm³/mol. The summed E-state index contributed by atoms with van der Waals surface area (Å²) in [5, 5.41) is 14.8. The van der Waals surface area contributed by atoms with Crippen LogP contribution in [0.3, 0.4) is 0 Å². The van der Waals surface area contributed by atoms with Gasteiger partial charge in [-0.15, -0.1) is 0 Å². The number of rotatable bonds is 1. The van der Waals surface area contributed by atoms with Crippen molar-refractivity contribution in [2.45, 2.75) is 19.9 Å². The zero-order valence-electron chi connectivity index (χ0n) is 8.03. The fourth-order valence-corrected chi connectivity index (χ4v) is 1.80. The molecule has 0 radical (unpaired) electrons. The number of nitrogens with zero attached hydrogens (tertiary/aromatic N) is 2. The van der Waals surface area contributed by atoms with Crippen LogP contribution in [0, 0.1) is 0 Å². The zero-order valence-corrected chi connectivity index (χ0v) is 8.78. The monoisotopic (exact) mass is 210 g/mol. The highest BCUT2D eigenvalue weighted by atomic mass is 35.5. The summed E-state index contributed by atoms with van der Waals surface area (Å²) >= 11 is 5.94. The Morgan fingerprint density at radius 3 is 2.79 bits per heavy atom. The van der Waals surface area contributed by atoms with Gasteiger partial charge in [0.25, 0.3) is 0 Å². The Hall–Kier alpha value is -1.22. The topological polar surface area (TPSA) is 38.0 Å². The van der Waals surface area contributed by atoms with Crippen molar-refractivity contribution in [3.05, 3.63) is 23.4 Å². The van der Waals surface area contributed by atoms with Crippen molar-refractivity contribution in [3.63, 3.8) is 0 Å². The van der Waals surface area contributed by atoms with Crippen LogP contribution in [-0.4, -0.2) is 14.9 Å². The van der Waals surface area contributed by atoms with E-state index in [4.69, 9.17) is 11.6 Å². The van der Waals surface area contributed by atoms with Crippen LogP contribution < -0.4 is 0 Å². The first-order valence-corrected chi connectivity index (χ1v) is 4.84. The summed E-state index contributed by atoms with van der Waals surface area (Å²) in [4.78, 5) is 0. The molecule has 0 amide bonds. The van der Waals surface area contributed by atoms with Crippen LogP contribution >= 0.6 is 11.6 Å². The fraction of sp³-hybridized carbons (Fsp3) is 0.300. The second-order valence-corrected chi connectivity index (χ2v) is 3.86. The molecule has 0 aliphatic rings. The highest BCUT2D eigenvalue weighted by Gasteiger charge is 2.13. The van der Waals surface area contributed by atoms with Gasteiger partial charge in [-0.05, 0) is 26.0 Å². The molecule has 3 nitrogen and oxygen atoms in total. The zero-order chi connectivity index (χ0) is 10.3. The lowest BCUT2D eigenvalue weighted by molar-refractivity contribution is 0.481. The number of halogens is 1. The van der Waals surface area contributed by atoms with Crippen LogP contribution in [0.2, 0.25) is 5.15 Å². The Balaban J connectivity index is 2.84. The maximum atomic E-state index is 9.61. The highest BCUT2D eigenvalue weighted by Crippen LogP contribution is 2.32. The third-order valence-corrected chi connectivity index (χ3v) is 2.42. The van der Waals surface area contributed by atoms with Crippen molar-refractivity contribution in [2.24, 2.45) is 0 Å². The van der Waals surface area contributed by atoms with Crippen molar-refractivity contribution in [1.29, 1.82) is 0 Å². The summed E-state index contributed by atoms with van der Waals surface area (Å²) in [6, 6.07) is 5.52. The van der Waals surface area contributed by atoms with Crippen molar-refractivity contribution >= 4 is 22.5 Å². The van der Waals surface area contributed by atoms with Crippen molar-refractivity contribution in [2.75, 3.05) is 0 Å². The minimum absolute atomic E-state index is 0.180. The lowest BCUT2D eigenvalue weighted by Gasteiger charge is -2.06. The van der Waals surface area contributed by atoms with Gasteiger partial charge in [0.15, 0.2) is 5.15 Å². The molecule has 74 valence electrons. The number of aromatic nitrogens is 2. The van der Waals surface area contributed by atoms with Gasteiger partial charge in [-0.1, -0.05) is 17.7 Å². The molecule has 14 heavy (non-hydrogen) atoms. The summed E-state index contributed by atoms with van der Waals surface area (Å²) in [5.41, 5.74) is 0.866. The normalized spacial score (nSPS) is 11.4. The fourth-order valence-electron chi connectivity index (χ4n) is 1.52. The number of fused-ring (bicyclic) bond motifs is 1. The number of hydrogen-bond acceptors (Lipinski definition) is 2. The van der Waals surface area contributed by atoms with Gasteiger partial charge >= 0.3 is 0 Å². The van der Waals surface area contributed by atoms with E-state index in [0.717, 1.165) is 5.52 Å². The van der Waals surface area contributed by atoms with Crippen molar-refractivity contribution < 1.29 is 5.11 Å². The molecule has 0 bridgehead atoms. The first-order valence-electron chi connectivity index (χ1n) is 4.47. The Kier molecular flexibility index (Phi) is 2.11. The summed E-state index contributed by atoms with van der Waals surface area (Å²) in [6.45, 7) is 4.04. The average molecular weight is 211 g/mol. The molecule has 1 heterocycles. The third kappa shape index (κ3) is 1.24. The number of phenolic OH excluding ortho intramolecular Hbond substituents is 1. The largest absolute Gasteiger partial charge is 0.507 e. The average Bonchev–Trinajstić information content (AvgIpc) is 2.45. The van der Waals surface area contributed by atoms with Crippen LogP contribution in [0.15, 0.2) is 18.2 Å². The van der Waals surface area contributed by atoms with Gasteiger partial charge < -0.3 is 5.11 Å². The summed E-state index contributed by atoms with van der Waals surface area (Å²) in [5.74, 6) is 0.180. The first-order chi connectivity index (χ1) is 6.61. The molecule has 0 saturated heterocycles. The SMILES string of the molecule is CC(C)n1nc(Cl)c2c(O)cccc21. The Bertz CT molecular complexity index is 476. The predicted octanol–water partition coefficient (Wildman–Crippen LogP) is 2.98. The molecule has 4 heteroatoms. The van der Waals surface area contributed by atoms with Crippen LogP contribution in [0.4, 0.5) is 0 Å². The van der Waals surface area contributed by atoms with E-state index in [0.29, 0.717) is 10.5 Å². The van der Waals surface area contributed by atoms with E-state index in [2.05, 4.69) is 5.10 Å². The van der Waals surface area contributed by atoms with Gasteiger partial charge in [0.2, 0.25) is 0 Å². The molecule has 1 N–H and O–H groups in total. The Morgan fingerprint density at radius 1 is 1.43 bits per heavy atom. The molecule has 0 fully saturated rings. The Labute approximate surface area is 86.9 Å². The smallest absolute Gasteiger partial charge is 0.162 e. The standard InChI is InChI=1S/C10H11ClN2O/c1-6(2)13-7-4-3-5-8(14)9(7)10(11)12-13/h3-6,14H,1-2H3. The molecule has 2 rings (SSSR count). The number of hydrogen-bond donors (Lipinski definition) is 1. The highest BCUT2D eigenvalue weighted by molar-refractivity contribution is 6.34. The summed E-state index contributed by atoms with van der Waals surface area (Å²) < 4.78 is 1.80. The van der Waals surface area contributed by atoms with Crippen LogP contribution in [0.5, 0.6) is 5.75 Å². The van der Waals surface area contributed by atoms with Crippen molar-refractivity contribution in [1.82, 2.24) is 9.78 Å². The van der Waals surface area contributed by atoms with Crippen LogP contribution in [0.25, 0.3) is 10.9 Å². The van der Waals surface area contributed by atoms with Gasteiger partial charge in [0, 0.05) is 6.04 Å². The minimum Gasteiger partial charge on any atom is -0.507 e. The molecule has 0 saturated carbocycles. The second kappa shape index (κ2) is 3.17. The third-order valence-electron chi connectivity index (χ3n) is 2.16. The summed E-state index contributed by atoms with van der Waals surface area (Å²) in [7, 11) is 0. The molecule has 0 atom stereocenters. The number of benzene rings is 1. The van der Waals surface area contributed by atoms with Gasteiger partial charge in [-0.25, -0.2) is 0 Å². The van der Waals surface area contributed by atoms with Gasteiger partial charge in [-0.3, -0.25) is 4.68 Å². The quantitative estimate of drug-likeness (QED) is 0.786. The lowest BCUT2D eigenvalue weighted by atomic mass is 10.2. The van der Waals surface area contributed by atoms with Crippen LogP contribution in [-0.2, 0) is 0 Å². The molecule has 0 spiro atoms.